The fraction of sp³-hybridized carbons (Fsp3) is 0.208. The molecule has 0 aliphatic rings. The maximum atomic E-state index is 13.5. The summed E-state index contributed by atoms with van der Waals surface area (Å²) < 4.78 is 7.11. The van der Waals surface area contributed by atoms with Gasteiger partial charge in [-0.05, 0) is 48.7 Å². The second-order valence-electron chi connectivity index (χ2n) is 7.08. The molecule has 0 aliphatic heterocycles. The molecule has 2 aromatic carbocycles. The fourth-order valence-electron chi connectivity index (χ4n) is 3.27. The van der Waals surface area contributed by atoms with Crippen LogP contribution in [0, 0.1) is 25.2 Å². The minimum atomic E-state index is -0.552. The highest BCUT2D eigenvalue weighted by atomic mass is 35.5. The van der Waals surface area contributed by atoms with Crippen molar-refractivity contribution in [3.8, 4) is 11.8 Å². The van der Waals surface area contributed by atoms with E-state index in [1.807, 2.05) is 38.1 Å². The van der Waals surface area contributed by atoms with E-state index in [1.54, 1.807) is 30.3 Å². The zero-order valence-corrected chi connectivity index (χ0v) is 19.5. The van der Waals surface area contributed by atoms with Crippen molar-refractivity contribution in [2.75, 3.05) is 20.3 Å². The van der Waals surface area contributed by atoms with Crippen LogP contribution in [0.25, 0.3) is 17.3 Å². The molecule has 1 aromatic heterocycles. The number of rotatable bonds is 6. The first kappa shape index (κ1) is 23.5. The van der Waals surface area contributed by atoms with Crippen molar-refractivity contribution >= 4 is 40.5 Å². The number of carbonyl (C=O) groups excluding carboxylic acids is 1. The highest BCUT2D eigenvalue weighted by Crippen LogP contribution is 2.16. The van der Waals surface area contributed by atoms with E-state index in [2.05, 4.69) is 5.32 Å². The van der Waals surface area contributed by atoms with Gasteiger partial charge in [-0.3, -0.25) is 14.2 Å². The molecule has 164 valence electrons. The van der Waals surface area contributed by atoms with Gasteiger partial charge in [-0.25, -0.2) is 0 Å². The van der Waals surface area contributed by atoms with Crippen LogP contribution in [0.15, 0.2) is 47.3 Å². The topological polar surface area (TPSA) is 84.1 Å². The highest BCUT2D eigenvalue weighted by molar-refractivity contribution is 7.07. The van der Waals surface area contributed by atoms with Crippen molar-refractivity contribution in [1.29, 1.82) is 5.26 Å². The van der Waals surface area contributed by atoms with Gasteiger partial charge in [-0.1, -0.05) is 41.9 Å². The first-order valence-corrected chi connectivity index (χ1v) is 11.0. The molecular formula is C24H22ClN3O3S. The molecule has 0 radical (unpaired) electrons. The number of methoxy groups -OCH3 is 1. The van der Waals surface area contributed by atoms with E-state index >= 15 is 0 Å². The summed E-state index contributed by atoms with van der Waals surface area (Å²) in [6, 6.07) is 14.8. The number of nitrogens with zero attached hydrogens (tertiary/aromatic N) is 2. The second-order valence-corrected chi connectivity index (χ2v) is 8.55. The van der Waals surface area contributed by atoms with Crippen molar-refractivity contribution in [3.63, 3.8) is 0 Å². The van der Waals surface area contributed by atoms with Gasteiger partial charge in [-0.15, -0.1) is 11.3 Å². The molecule has 0 bridgehead atoms. The van der Waals surface area contributed by atoms with Gasteiger partial charge in [0.15, 0.2) is 5.57 Å². The Labute approximate surface area is 194 Å². The average Bonchev–Trinajstić information content (AvgIpc) is 3.06. The van der Waals surface area contributed by atoms with Crippen LogP contribution in [0.3, 0.4) is 0 Å². The number of ether oxygens (including phenoxy) is 1. The van der Waals surface area contributed by atoms with Crippen molar-refractivity contribution in [3.05, 3.63) is 83.7 Å². The van der Waals surface area contributed by atoms with E-state index in [9.17, 15) is 14.9 Å². The van der Waals surface area contributed by atoms with Gasteiger partial charge in [0, 0.05) is 18.7 Å². The number of para-hydroxylation sites is 1. The zero-order chi connectivity index (χ0) is 23.3. The molecule has 0 fully saturated rings. The third-order valence-corrected chi connectivity index (χ3v) is 6.14. The van der Waals surface area contributed by atoms with Gasteiger partial charge in [0.05, 0.1) is 16.8 Å². The Balaban J connectivity index is 2.35. The summed E-state index contributed by atoms with van der Waals surface area (Å²) in [5.74, 6) is -0.552. The van der Waals surface area contributed by atoms with Gasteiger partial charge in [-0.2, -0.15) is 5.26 Å². The van der Waals surface area contributed by atoms with Crippen LogP contribution in [-0.2, 0) is 9.53 Å². The van der Waals surface area contributed by atoms with Crippen molar-refractivity contribution < 1.29 is 9.53 Å². The van der Waals surface area contributed by atoms with E-state index < -0.39 is 5.91 Å². The van der Waals surface area contributed by atoms with Crippen LogP contribution < -0.4 is 20.1 Å². The lowest BCUT2D eigenvalue weighted by Crippen LogP contribution is -2.35. The predicted molar refractivity (Wildman–Crippen MR) is 128 cm³/mol. The minimum Gasteiger partial charge on any atom is -0.383 e. The molecule has 0 unspecified atom stereocenters. The van der Waals surface area contributed by atoms with Crippen molar-refractivity contribution in [1.82, 2.24) is 9.88 Å². The Hall–Kier alpha value is -3.18. The molecule has 0 spiro atoms. The standard InChI is InChI=1S/C24H22ClN3O3S/c1-15-5-4-6-16(2)21(15)28-23(30)20(13-17-7-9-18(25)10-8-17)32-24(28)19(14-26)22(29)27-11-12-31-3/h4-10,13H,11-12H2,1-3H3,(H,27,29)/b20-13-,24-19-. The summed E-state index contributed by atoms with van der Waals surface area (Å²) in [5.41, 5.74) is 2.76. The maximum Gasteiger partial charge on any atom is 0.273 e. The highest BCUT2D eigenvalue weighted by Gasteiger charge is 2.18. The molecule has 0 atom stereocenters. The summed E-state index contributed by atoms with van der Waals surface area (Å²) >= 11 is 7.08. The van der Waals surface area contributed by atoms with Gasteiger partial charge in [0.1, 0.15) is 10.7 Å². The van der Waals surface area contributed by atoms with E-state index in [4.69, 9.17) is 16.3 Å². The number of nitriles is 1. The van der Waals surface area contributed by atoms with Gasteiger partial charge >= 0.3 is 0 Å². The third-order valence-electron chi connectivity index (χ3n) is 4.80. The molecule has 1 N–H and O–H groups in total. The molecule has 0 saturated carbocycles. The number of nitrogens with one attached hydrogen (secondary N) is 1. The first-order valence-electron chi connectivity index (χ1n) is 9.84. The third kappa shape index (κ3) is 5.00. The molecule has 6 nitrogen and oxygen atoms in total. The molecule has 3 aromatic rings. The zero-order valence-electron chi connectivity index (χ0n) is 17.9. The molecule has 32 heavy (non-hydrogen) atoms. The number of aryl methyl sites for hydroxylation is 2. The number of aromatic nitrogens is 1. The van der Waals surface area contributed by atoms with Crippen LogP contribution in [-0.4, -0.2) is 30.7 Å². The predicted octanol–water partition coefficient (Wildman–Crippen LogP) is 2.43. The fourth-order valence-corrected chi connectivity index (χ4v) is 4.49. The van der Waals surface area contributed by atoms with Gasteiger partial charge in [0.25, 0.3) is 11.5 Å². The normalized spacial score (nSPS) is 12.4. The van der Waals surface area contributed by atoms with Crippen LogP contribution in [0.4, 0.5) is 0 Å². The summed E-state index contributed by atoms with van der Waals surface area (Å²) in [6.45, 7) is 4.35. The number of amides is 1. The molecule has 3 rings (SSSR count). The quantitative estimate of drug-likeness (QED) is 0.564. The van der Waals surface area contributed by atoms with Gasteiger partial charge in [0.2, 0.25) is 0 Å². The summed E-state index contributed by atoms with van der Waals surface area (Å²) in [6.07, 6.45) is 1.73. The molecule has 8 heteroatoms. The maximum absolute atomic E-state index is 13.5. The summed E-state index contributed by atoms with van der Waals surface area (Å²) in [4.78, 5) is 26.3. The number of hydrogen-bond acceptors (Lipinski definition) is 5. The number of halogens is 1. The van der Waals surface area contributed by atoms with Crippen molar-refractivity contribution in [2.24, 2.45) is 0 Å². The first-order chi connectivity index (χ1) is 15.4. The van der Waals surface area contributed by atoms with E-state index in [0.717, 1.165) is 28.0 Å². The smallest absolute Gasteiger partial charge is 0.273 e. The number of benzene rings is 2. The Morgan fingerprint density at radius 1 is 1.22 bits per heavy atom. The second kappa shape index (κ2) is 10.4. The molecule has 1 heterocycles. The van der Waals surface area contributed by atoms with Crippen LogP contribution in [0.1, 0.15) is 16.7 Å². The number of thiazole rings is 1. The molecule has 1 amide bonds. The Morgan fingerprint density at radius 3 is 2.47 bits per heavy atom. The largest absolute Gasteiger partial charge is 0.383 e. The lowest BCUT2D eigenvalue weighted by atomic mass is 10.1. The average molecular weight is 468 g/mol. The lowest BCUT2D eigenvalue weighted by molar-refractivity contribution is -0.115. The Kier molecular flexibility index (Phi) is 7.65. The molecule has 0 aliphatic carbocycles. The van der Waals surface area contributed by atoms with Crippen molar-refractivity contribution in [2.45, 2.75) is 13.8 Å². The van der Waals surface area contributed by atoms with E-state index in [0.29, 0.717) is 21.8 Å². The lowest BCUT2D eigenvalue weighted by Gasteiger charge is -2.11. The summed E-state index contributed by atoms with van der Waals surface area (Å²) in [5, 5.41) is 13.1. The van der Waals surface area contributed by atoms with Crippen LogP contribution >= 0.6 is 22.9 Å². The molecule has 0 saturated heterocycles. The SMILES string of the molecule is COCCNC(=O)/C(C#N)=c1\s/c(=C\c2ccc(Cl)cc2)c(=O)n1-c1c(C)cccc1C. The van der Waals surface area contributed by atoms with Crippen LogP contribution in [0.5, 0.6) is 0 Å². The Bertz CT molecular complexity index is 1350. The molecular weight excluding hydrogens is 446 g/mol. The minimum absolute atomic E-state index is 0.124. The van der Waals surface area contributed by atoms with Crippen LogP contribution in [0.2, 0.25) is 5.02 Å². The van der Waals surface area contributed by atoms with E-state index in [1.165, 1.54) is 11.7 Å². The summed E-state index contributed by atoms with van der Waals surface area (Å²) in [7, 11) is 1.53. The van der Waals surface area contributed by atoms with Gasteiger partial charge < -0.3 is 10.1 Å². The number of carbonyl (C=O) groups is 1. The monoisotopic (exact) mass is 467 g/mol. The number of hydrogen-bond donors (Lipinski definition) is 1. The Morgan fingerprint density at radius 2 is 1.88 bits per heavy atom. The van der Waals surface area contributed by atoms with E-state index in [-0.39, 0.29) is 22.3 Å².